The molecule has 0 aliphatic carbocycles. The second-order valence-electron chi connectivity index (χ2n) is 5.09. The van der Waals surface area contributed by atoms with Gasteiger partial charge in [0, 0.05) is 23.1 Å². The van der Waals surface area contributed by atoms with Gasteiger partial charge in [0.2, 0.25) is 0 Å². The molecule has 4 nitrogen and oxygen atoms in total. The van der Waals surface area contributed by atoms with Crippen LogP contribution in [0.3, 0.4) is 0 Å². The number of para-hydroxylation sites is 1. The molecule has 0 unspecified atom stereocenters. The standard InChI is InChI=1S/C18H14N4/c19-16-5-2-1-4-15(16)13-7-9-14(10-8-13)22-12-21-18-17(22)6-3-11-20-18/h1-12H,19H2. The zero-order valence-electron chi connectivity index (χ0n) is 11.8. The Bertz CT molecular complexity index is 939. The molecular weight excluding hydrogens is 272 g/mol. The van der Waals surface area contributed by atoms with Gasteiger partial charge in [-0.1, -0.05) is 30.3 Å². The summed E-state index contributed by atoms with van der Waals surface area (Å²) in [4.78, 5) is 8.58. The molecule has 106 valence electrons. The average Bonchev–Trinajstić information content (AvgIpc) is 3.00. The molecule has 0 spiro atoms. The SMILES string of the molecule is Nc1ccccc1-c1ccc(-n2cnc3ncccc32)cc1. The summed E-state index contributed by atoms with van der Waals surface area (Å²) in [5, 5.41) is 0. The number of nitrogens with two attached hydrogens (primary N) is 1. The highest BCUT2D eigenvalue weighted by Gasteiger charge is 2.06. The summed E-state index contributed by atoms with van der Waals surface area (Å²) in [5.74, 6) is 0. The summed E-state index contributed by atoms with van der Waals surface area (Å²) >= 11 is 0. The second-order valence-corrected chi connectivity index (χ2v) is 5.09. The number of aromatic nitrogens is 3. The van der Waals surface area contributed by atoms with Gasteiger partial charge >= 0.3 is 0 Å². The maximum atomic E-state index is 6.04. The monoisotopic (exact) mass is 286 g/mol. The van der Waals surface area contributed by atoms with Crippen LogP contribution in [0.5, 0.6) is 0 Å². The van der Waals surface area contributed by atoms with Crippen molar-refractivity contribution >= 4 is 16.9 Å². The van der Waals surface area contributed by atoms with E-state index in [0.717, 1.165) is 33.7 Å². The zero-order valence-corrected chi connectivity index (χ0v) is 11.8. The van der Waals surface area contributed by atoms with E-state index in [-0.39, 0.29) is 0 Å². The average molecular weight is 286 g/mol. The van der Waals surface area contributed by atoms with Crippen molar-refractivity contribution in [3.8, 4) is 16.8 Å². The Balaban J connectivity index is 1.78. The van der Waals surface area contributed by atoms with Gasteiger partial charge < -0.3 is 5.73 Å². The molecule has 0 aliphatic rings. The molecule has 0 radical (unpaired) electrons. The highest BCUT2D eigenvalue weighted by atomic mass is 15.1. The summed E-state index contributed by atoms with van der Waals surface area (Å²) in [7, 11) is 0. The highest BCUT2D eigenvalue weighted by Crippen LogP contribution is 2.27. The fourth-order valence-corrected chi connectivity index (χ4v) is 2.62. The number of pyridine rings is 1. The van der Waals surface area contributed by atoms with Crippen LogP contribution >= 0.6 is 0 Å². The maximum absolute atomic E-state index is 6.04. The predicted molar refractivity (Wildman–Crippen MR) is 88.7 cm³/mol. The molecular formula is C18H14N4. The summed E-state index contributed by atoms with van der Waals surface area (Å²) in [6.45, 7) is 0. The Morgan fingerprint density at radius 3 is 2.45 bits per heavy atom. The lowest BCUT2D eigenvalue weighted by atomic mass is 10.0. The van der Waals surface area contributed by atoms with Gasteiger partial charge in [0.25, 0.3) is 0 Å². The lowest BCUT2D eigenvalue weighted by molar-refractivity contribution is 1.09. The number of hydrogen-bond donors (Lipinski definition) is 1. The Labute approximate surface area is 127 Å². The molecule has 0 fully saturated rings. The van der Waals surface area contributed by atoms with Crippen LogP contribution in [-0.4, -0.2) is 14.5 Å². The van der Waals surface area contributed by atoms with E-state index in [1.165, 1.54) is 0 Å². The minimum atomic E-state index is 0.749. The van der Waals surface area contributed by atoms with E-state index in [1.807, 2.05) is 41.0 Å². The van der Waals surface area contributed by atoms with E-state index in [2.05, 4.69) is 34.2 Å². The quantitative estimate of drug-likeness (QED) is 0.572. The van der Waals surface area contributed by atoms with Gasteiger partial charge in [0.15, 0.2) is 5.65 Å². The summed E-state index contributed by atoms with van der Waals surface area (Å²) in [6, 6.07) is 20.1. The van der Waals surface area contributed by atoms with Crippen LogP contribution in [0.15, 0.2) is 73.2 Å². The number of nitrogen functional groups attached to an aromatic ring is 1. The van der Waals surface area contributed by atoms with Crippen LogP contribution < -0.4 is 5.73 Å². The molecule has 0 saturated carbocycles. The van der Waals surface area contributed by atoms with Crippen LogP contribution in [-0.2, 0) is 0 Å². The smallest absolute Gasteiger partial charge is 0.177 e. The fourth-order valence-electron chi connectivity index (χ4n) is 2.62. The topological polar surface area (TPSA) is 56.7 Å². The molecule has 2 heterocycles. The number of fused-ring (bicyclic) bond motifs is 1. The van der Waals surface area contributed by atoms with Gasteiger partial charge in [-0.25, -0.2) is 9.97 Å². The molecule has 2 aromatic heterocycles. The second kappa shape index (κ2) is 5.00. The Morgan fingerprint density at radius 1 is 0.818 bits per heavy atom. The minimum Gasteiger partial charge on any atom is -0.398 e. The first-order chi connectivity index (χ1) is 10.8. The van der Waals surface area contributed by atoms with Crippen molar-refractivity contribution in [2.24, 2.45) is 0 Å². The van der Waals surface area contributed by atoms with Gasteiger partial charge in [-0.3, -0.25) is 4.57 Å². The van der Waals surface area contributed by atoms with Gasteiger partial charge in [0.05, 0.1) is 5.52 Å². The molecule has 4 heteroatoms. The Kier molecular flexibility index (Phi) is 2.86. The Morgan fingerprint density at radius 2 is 1.64 bits per heavy atom. The van der Waals surface area contributed by atoms with Crippen molar-refractivity contribution in [3.05, 3.63) is 73.2 Å². The maximum Gasteiger partial charge on any atom is 0.177 e. The fraction of sp³-hybridized carbons (Fsp3) is 0. The number of rotatable bonds is 2. The van der Waals surface area contributed by atoms with Gasteiger partial charge in [-0.2, -0.15) is 0 Å². The lowest BCUT2D eigenvalue weighted by Gasteiger charge is -2.08. The number of anilines is 1. The zero-order chi connectivity index (χ0) is 14.9. The van der Waals surface area contributed by atoms with Gasteiger partial charge in [-0.05, 0) is 35.9 Å². The lowest BCUT2D eigenvalue weighted by Crippen LogP contribution is -1.93. The third-order valence-electron chi connectivity index (χ3n) is 3.74. The normalized spacial score (nSPS) is 10.9. The van der Waals surface area contributed by atoms with E-state index in [1.54, 1.807) is 12.5 Å². The molecule has 4 aromatic rings. The van der Waals surface area contributed by atoms with E-state index in [9.17, 15) is 0 Å². The molecule has 22 heavy (non-hydrogen) atoms. The van der Waals surface area contributed by atoms with Crippen LogP contribution in [0, 0.1) is 0 Å². The number of imidazole rings is 1. The largest absolute Gasteiger partial charge is 0.398 e. The first-order valence-electron chi connectivity index (χ1n) is 7.06. The van der Waals surface area contributed by atoms with Crippen molar-refractivity contribution in [2.45, 2.75) is 0 Å². The van der Waals surface area contributed by atoms with Gasteiger partial charge in [0.1, 0.15) is 6.33 Å². The van der Waals surface area contributed by atoms with Crippen molar-refractivity contribution in [2.75, 3.05) is 5.73 Å². The van der Waals surface area contributed by atoms with E-state index < -0.39 is 0 Å². The minimum absolute atomic E-state index is 0.749. The van der Waals surface area contributed by atoms with Crippen LogP contribution in [0.4, 0.5) is 5.69 Å². The molecule has 0 bridgehead atoms. The first kappa shape index (κ1) is 12.6. The van der Waals surface area contributed by atoms with Crippen molar-refractivity contribution in [3.63, 3.8) is 0 Å². The van der Waals surface area contributed by atoms with E-state index in [0.29, 0.717) is 0 Å². The van der Waals surface area contributed by atoms with E-state index in [4.69, 9.17) is 5.73 Å². The van der Waals surface area contributed by atoms with Crippen LogP contribution in [0.1, 0.15) is 0 Å². The highest BCUT2D eigenvalue weighted by molar-refractivity contribution is 5.77. The van der Waals surface area contributed by atoms with Crippen LogP contribution in [0.2, 0.25) is 0 Å². The first-order valence-corrected chi connectivity index (χ1v) is 7.06. The molecule has 0 atom stereocenters. The third-order valence-corrected chi connectivity index (χ3v) is 3.74. The van der Waals surface area contributed by atoms with Gasteiger partial charge in [-0.15, -0.1) is 0 Å². The number of hydrogen-bond acceptors (Lipinski definition) is 3. The van der Waals surface area contributed by atoms with E-state index >= 15 is 0 Å². The number of nitrogens with zero attached hydrogens (tertiary/aromatic N) is 3. The molecule has 4 rings (SSSR count). The molecule has 0 aliphatic heterocycles. The molecule has 2 N–H and O–H groups in total. The molecule has 0 amide bonds. The Hall–Kier alpha value is -3.14. The summed E-state index contributed by atoms with van der Waals surface area (Å²) in [5.41, 5.74) is 11.8. The molecule has 0 saturated heterocycles. The molecule has 2 aromatic carbocycles. The van der Waals surface area contributed by atoms with Crippen LogP contribution in [0.25, 0.3) is 28.0 Å². The number of benzene rings is 2. The third kappa shape index (κ3) is 2.02. The summed E-state index contributed by atoms with van der Waals surface area (Å²) in [6.07, 6.45) is 3.55. The van der Waals surface area contributed by atoms with Crippen molar-refractivity contribution < 1.29 is 0 Å². The van der Waals surface area contributed by atoms with Crippen molar-refractivity contribution in [1.29, 1.82) is 0 Å². The predicted octanol–water partition coefficient (Wildman–Crippen LogP) is 3.67. The summed E-state index contributed by atoms with van der Waals surface area (Å²) < 4.78 is 2.03. The van der Waals surface area contributed by atoms with Crippen molar-refractivity contribution in [1.82, 2.24) is 14.5 Å².